The molecule has 1 heterocycles. The molecular weight excluding hydrogens is 272 g/mol. The van der Waals surface area contributed by atoms with E-state index in [1.165, 1.54) is 44.1 Å². The molecule has 1 aromatic rings. The number of hydrogen-bond donors (Lipinski definition) is 1. The van der Waals surface area contributed by atoms with E-state index in [2.05, 4.69) is 24.0 Å². The van der Waals surface area contributed by atoms with Crippen LogP contribution in [0.3, 0.4) is 0 Å². The SMILES string of the molecule is CC1CCC(OC2CCN(Cc3cccc(N)c3)CC2)CC1. The molecule has 1 aliphatic carbocycles. The van der Waals surface area contributed by atoms with Crippen LogP contribution in [0.2, 0.25) is 0 Å². The van der Waals surface area contributed by atoms with Gasteiger partial charge in [-0.25, -0.2) is 0 Å². The first-order valence-electron chi connectivity index (χ1n) is 8.91. The predicted molar refractivity (Wildman–Crippen MR) is 91.7 cm³/mol. The van der Waals surface area contributed by atoms with Crippen molar-refractivity contribution in [3.05, 3.63) is 29.8 Å². The van der Waals surface area contributed by atoms with Crippen molar-refractivity contribution >= 4 is 5.69 Å². The van der Waals surface area contributed by atoms with Crippen LogP contribution in [0.15, 0.2) is 24.3 Å². The summed E-state index contributed by atoms with van der Waals surface area (Å²) in [6, 6.07) is 8.26. The van der Waals surface area contributed by atoms with Crippen LogP contribution in [0.1, 0.15) is 51.0 Å². The summed E-state index contributed by atoms with van der Waals surface area (Å²) in [4.78, 5) is 2.53. The van der Waals surface area contributed by atoms with Gasteiger partial charge in [-0.1, -0.05) is 19.1 Å². The maximum atomic E-state index is 6.35. The Morgan fingerprint density at radius 2 is 1.73 bits per heavy atom. The van der Waals surface area contributed by atoms with E-state index in [0.717, 1.165) is 31.2 Å². The molecule has 122 valence electrons. The highest BCUT2D eigenvalue weighted by Crippen LogP contribution is 2.28. The van der Waals surface area contributed by atoms with Gasteiger partial charge in [0.2, 0.25) is 0 Å². The number of rotatable bonds is 4. The number of likely N-dealkylation sites (tertiary alicyclic amines) is 1. The summed E-state index contributed by atoms with van der Waals surface area (Å²) in [6.07, 6.45) is 8.59. The van der Waals surface area contributed by atoms with E-state index in [4.69, 9.17) is 10.5 Å². The number of ether oxygens (including phenoxy) is 1. The Labute approximate surface area is 134 Å². The first-order valence-corrected chi connectivity index (χ1v) is 8.91. The molecule has 3 rings (SSSR count). The van der Waals surface area contributed by atoms with Crippen LogP contribution >= 0.6 is 0 Å². The van der Waals surface area contributed by atoms with Crippen molar-refractivity contribution in [2.75, 3.05) is 18.8 Å². The number of hydrogen-bond acceptors (Lipinski definition) is 3. The highest BCUT2D eigenvalue weighted by atomic mass is 16.5. The Morgan fingerprint density at radius 3 is 2.41 bits per heavy atom. The van der Waals surface area contributed by atoms with Crippen LogP contribution < -0.4 is 5.73 Å². The standard InChI is InChI=1S/C19H30N2O/c1-15-5-7-18(8-6-15)22-19-9-11-21(12-10-19)14-16-3-2-4-17(20)13-16/h2-4,13,15,18-19H,5-12,14,20H2,1H3. The number of anilines is 1. The lowest BCUT2D eigenvalue weighted by molar-refractivity contribution is -0.0608. The lowest BCUT2D eigenvalue weighted by Crippen LogP contribution is -2.38. The molecule has 0 radical (unpaired) electrons. The summed E-state index contributed by atoms with van der Waals surface area (Å²) in [5.41, 5.74) is 8.04. The molecular formula is C19H30N2O. The Kier molecular flexibility index (Phi) is 5.37. The minimum absolute atomic E-state index is 0.482. The first kappa shape index (κ1) is 15.8. The van der Waals surface area contributed by atoms with Crippen LogP contribution in [-0.4, -0.2) is 30.2 Å². The average Bonchev–Trinajstić information content (AvgIpc) is 2.52. The quantitative estimate of drug-likeness (QED) is 0.859. The summed E-state index contributed by atoms with van der Waals surface area (Å²) in [5, 5.41) is 0. The second-order valence-electron chi connectivity index (χ2n) is 7.24. The van der Waals surface area contributed by atoms with Crippen molar-refractivity contribution in [1.29, 1.82) is 0 Å². The monoisotopic (exact) mass is 302 g/mol. The van der Waals surface area contributed by atoms with E-state index in [0.29, 0.717) is 12.2 Å². The van der Waals surface area contributed by atoms with Gasteiger partial charge in [0.25, 0.3) is 0 Å². The summed E-state index contributed by atoms with van der Waals surface area (Å²) >= 11 is 0. The van der Waals surface area contributed by atoms with Gasteiger partial charge in [-0.05, 0) is 62.1 Å². The Morgan fingerprint density at radius 1 is 1.05 bits per heavy atom. The molecule has 0 aromatic heterocycles. The van der Waals surface area contributed by atoms with Gasteiger partial charge in [-0.2, -0.15) is 0 Å². The smallest absolute Gasteiger partial charge is 0.0603 e. The predicted octanol–water partition coefficient (Wildman–Crippen LogP) is 3.83. The zero-order valence-electron chi connectivity index (χ0n) is 13.8. The van der Waals surface area contributed by atoms with Gasteiger partial charge in [-0.3, -0.25) is 4.90 Å². The lowest BCUT2D eigenvalue weighted by atomic mass is 9.88. The van der Waals surface area contributed by atoms with E-state index in [-0.39, 0.29) is 0 Å². The van der Waals surface area contributed by atoms with Crippen molar-refractivity contribution in [2.45, 2.75) is 64.2 Å². The molecule has 2 aliphatic rings. The Balaban J connectivity index is 1.40. The molecule has 1 aliphatic heterocycles. The third kappa shape index (κ3) is 4.47. The molecule has 2 fully saturated rings. The molecule has 1 aromatic carbocycles. The van der Waals surface area contributed by atoms with Crippen LogP contribution in [0.5, 0.6) is 0 Å². The third-order valence-electron chi connectivity index (χ3n) is 5.24. The number of piperidine rings is 1. The van der Waals surface area contributed by atoms with Crippen molar-refractivity contribution in [3.63, 3.8) is 0 Å². The maximum absolute atomic E-state index is 6.35. The second kappa shape index (κ2) is 7.47. The van der Waals surface area contributed by atoms with Gasteiger partial charge in [0.05, 0.1) is 12.2 Å². The fourth-order valence-corrected chi connectivity index (χ4v) is 3.79. The third-order valence-corrected chi connectivity index (χ3v) is 5.24. The molecule has 0 atom stereocenters. The zero-order valence-corrected chi connectivity index (χ0v) is 13.8. The molecule has 0 unspecified atom stereocenters. The summed E-state index contributed by atoms with van der Waals surface area (Å²) < 4.78 is 6.35. The van der Waals surface area contributed by atoms with Crippen LogP contribution in [0.25, 0.3) is 0 Å². The van der Waals surface area contributed by atoms with Gasteiger partial charge in [0.15, 0.2) is 0 Å². The van der Waals surface area contributed by atoms with E-state index in [1.54, 1.807) is 0 Å². The van der Waals surface area contributed by atoms with Crippen LogP contribution in [0, 0.1) is 5.92 Å². The summed E-state index contributed by atoms with van der Waals surface area (Å²) in [6.45, 7) is 5.66. The molecule has 3 nitrogen and oxygen atoms in total. The van der Waals surface area contributed by atoms with Crippen molar-refractivity contribution < 1.29 is 4.74 Å². The van der Waals surface area contributed by atoms with Gasteiger partial charge in [0.1, 0.15) is 0 Å². The largest absolute Gasteiger partial charge is 0.399 e. The average molecular weight is 302 g/mol. The van der Waals surface area contributed by atoms with Gasteiger partial charge in [-0.15, -0.1) is 0 Å². The van der Waals surface area contributed by atoms with Crippen LogP contribution in [-0.2, 0) is 11.3 Å². The zero-order chi connectivity index (χ0) is 15.4. The number of nitrogens with two attached hydrogens (primary N) is 1. The molecule has 1 saturated heterocycles. The molecule has 0 bridgehead atoms. The molecule has 1 saturated carbocycles. The van der Waals surface area contributed by atoms with E-state index in [1.807, 2.05) is 12.1 Å². The summed E-state index contributed by atoms with van der Waals surface area (Å²) in [5.74, 6) is 0.903. The lowest BCUT2D eigenvalue weighted by Gasteiger charge is -2.35. The van der Waals surface area contributed by atoms with Gasteiger partial charge >= 0.3 is 0 Å². The van der Waals surface area contributed by atoms with E-state index >= 15 is 0 Å². The number of benzene rings is 1. The normalized spacial score (nSPS) is 27.9. The first-order chi connectivity index (χ1) is 10.7. The number of nitrogens with zero attached hydrogens (tertiary/aromatic N) is 1. The Hall–Kier alpha value is -1.06. The molecule has 0 spiro atoms. The fraction of sp³-hybridized carbons (Fsp3) is 0.684. The fourth-order valence-electron chi connectivity index (χ4n) is 3.79. The summed E-state index contributed by atoms with van der Waals surface area (Å²) in [7, 11) is 0. The number of nitrogen functional groups attached to an aromatic ring is 1. The molecule has 0 amide bonds. The molecule has 2 N–H and O–H groups in total. The van der Waals surface area contributed by atoms with Gasteiger partial charge < -0.3 is 10.5 Å². The maximum Gasteiger partial charge on any atom is 0.0603 e. The van der Waals surface area contributed by atoms with Crippen molar-refractivity contribution in [2.24, 2.45) is 5.92 Å². The minimum Gasteiger partial charge on any atom is -0.399 e. The Bertz CT molecular complexity index is 460. The molecule has 3 heteroatoms. The van der Waals surface area contributed by atoms with E-state index in [9.17, 15) is 0 Å². The van der Waals surface area contributed by atoms with Gasteiger partial charge in [0, 0.05) is 25.3 Å². The highest BCUT2D eigenvalue weighted by Gasteiger charge is 2.25. The highest BCUT2D eigenvalue weighted by molar-refractivity contribution is 5.40. The topological polar surface area (TPSA) is 38.5 Å². The minimum atomic E-state index is 0.482. The van der Waals surface area contributed by atoms with Crippen LogP contribution in [0.4, 0.5) is 5.69 Å². The van der Waals surface area contributed by atoms with E-state index < -0.39 is 0 Å². The molecule has 22 heavy (non-hydrogen) atoms. The van der Waals surface area contributed by atoms with Crippen molar-refractivity contribution in [1.82, 2.24) is 4.90 Å². The van der Waals surface area contributed by atoms with Crippen molar-refractivity contribution in [3.8, 4) is 0 Å². The second-order valence-corrected chi connectivity index (χ2v) is 7.24.